The molecule has 0 aliphatic carbocycles. The number of hydrogen-bond acceptors (Lipinski definition) is 2. The van der Waals surface area contributed by atoms with Gasteiger partial charge in [0.05, 0.1) is 7.11 Å². The summed E-state index contributed by atoms with van der Waals surface area (Å²) in [5, 5.41) is 2.97. The monoisotopic (exact) mass is 281 g/mol. The van der Waals surface area contributed by atoms with Crippen LogP contribution in [0.3, 0.4) is 0 Å². The molecule has 0 saturated carbocycles. The van der Waals surface area contributed by atoms with Gasteiger partial charge >= 0.3 is 0 Å². The maximum atomic E-state index is 13.4. The Balaban J connectivity index is 1.97. The predicted molar refractivity (Wildman–Crippen MR) is 69.9 cm³/mol. The van der Waals surface area contributed by atoms with Crippen LogP contribution in [0.4, 0.5) is 13.2 Å². The first-order valence-corrected chi connectivity index (χ1v) is 6.07. The van der Waals surface area contributed by atoms with Crippen molar-refractivity contribution in [3.05, 3.63) is 65.0 Å². The first-order valence-electron chi connectivity index (χ1n) is 6.07. The number of methoxy groups -OCH3 is 1. The van der Waals surface area contributed by atoms with Crippen molar-refractivity contribution in [3.8, 4) is 5.75 Å². The van der Waals surface area contributed by atoms with E-state index in [1.807, 2.05) is 24.3 Å². The summed E-state index contributed by atoms with van der Waals surface area (Å²) in [6.07, 6.45) is 0. The van der Waals surface area contributed by atoms with Crippen molar-refractivity contribution < 1.29 is 17.9 Å². The summed E-state index contributed by atoms with van der Waals surface area (Å²) >= 11 is 0. The van der Waals surface area contributed by atoms with Crippen LogP contribution in [0.1, 0.15) is 11.1 Å². The number of ether oxygens (including phenoxy) is 1. The highest BCUT2D eigenvalue weighted by Gasteiger charge is 2.09. The normalized spacial score (nSPS) is 10.6. The van der Waals surface area contributed by atoms with E-state index in [2.05, 4.69) is 5.32 Å². The molecule has 0 unspecified atom stereocenters. The average molecular weight is 281 g/mol. The van der Waals surface area contributed by atoms with Gasteiger partial charge in [0.15, 0.2) is 11.6 Å². The fourth-order valence-electron chi connectivity index (χ4n) is 1.82. The van der Waals surface area contributed by atoms with Gasteiger partial charge in [-0.1, -0.05) is 12.1 Å². The van der Waals surface area contributed by atoms with Gasteiger partial charge in [-0.3, -0.25) is 0 Å². The van der Waals surface area contributed by atoms with Crippen LogP contribution in [0.15, 0.2) is 36.4 Å². The average Bonchev–Trinajstić information content (AvgIpc) is 2.44. The molecule has 2 nitrogen and oxygen atoms in total. The second-order valence-corrected chi connectivity index (χ2v) is 4.31. The molecule has 2 aromatic rings. The highest BCUT2D eigenvalue weighted by Crippen LogP contribution is 2.15. The molecule has 0 aliphatic heterocycles. The van der Waals surface area contributed by atoms with E-state index in [1.54, 1.807) is 7.11 Å². The van der Waals surface area contributed by atoms with E-state index in [0.29, 0.717) is 12.6 Å². The molecule has 0 aliphatic rings. The molecule has 0 aromatic heterocycles. The van der Waals surface area contributed by atoms with Crippen LogP contribution in [-0.4, -0.2) is 7.11 Å². The summed E-state index contributed by atoms with van der Waals surface area (Å²) in [6.45, 7) is 0.579. The van der Waals surface area contributed by atoms with Gasteiger partial charge in [-0.2, -0.15) is 0 Å². The Bertz CT molecular complexity index is 602. The van der Waals surface area contributed by atoms with E-state index in [9.17, 15) is 13.2 Å². The minimum absolute atomic E-state index is 0.0896. The minimum Gasteiger partial charge on any atom is -0.497 e. The highest BCUT2D eigenvalue weighted by molar-refractivity contribution is 5.28. The first kappa shape index (κ1) is 14.4. The Morgan fingerprint density at radius 3 is 2.45 bits per heavy atom. The predicted octanol–water partition coefficient (Wildman–Crippen LogP) is 3.40. The van der Waals surface area contributed by atoms with Gasteiger partial charge in [-0.05, 0) is 23.8 Å². The number of rotatable bonds is 5. The maximum absolute atomic E-state index is 13.4. The molecule has 0 bridgehead atoms. The van der Waals surface area contributed by atoms with E-state index in [4.69, 9.17) is 4.74 Å². The molecule has 0 radical (unpaired) electrons. The topological polar surface area (TPSA) is 21.3 Å². The number of benzene rings is 2. The van der Waals surface area contributed by atoms with Gasteiger partial charge in [0.2, 0.25) is 0 Å². The fraction of sp³-hybridized carbons (Fsp3) is 0.200. The molecule has 20 heavy (non-hydrogen) atoms. The molecule has 0 atom stereocenters. The lowest BCUT2D eigenvalue weighted by Gasteiger charge is -2.08. The molecule has 1 N–H and O–H groups in total. The van der Waals surface area contributed by atoms with Crippen LogP contribution in [0.5, 0.6) is 5.75 Å². The van der Waals surface area contributed by atoms with E-state index in [1.165, 1.54) is 0 Å². The summed E-state index contributed by atoms with van der Waals surface area (Å²) in [5.74, 6) is -2.27. The Hall–Kier alpha value is -2.01. The second kappa shape index (κ2) is 6.43. The second-order valence-electron chi connectivity index (χ2n) is 4.31. The van der Waals surface area contributed by atoms with Gasteiger partial charge < -0.3 is 10.1 Å². The molecule has 0 fully saturated rings. The Morgan fingerprint density at radius 1 is 0.950 bits per heavy atom. The van der Waals surface area contributed by atoms with E-state index < -0.39 is 17.5 Å². The van der Waals surface area contributed by atoms with Crippen LogP contribution in [0.25, 0.3) is 0 Å². The zero-order valence-electron chi connectivity index (χ0n) is 10.9. The first-order chi connectivity index (χ1) is 9.60. The van der Waals surface area contributed by atoms with Crippen LogP contribution in [0, 0.1) is 17.5 Å². The Labute approximate surface area is 115 Å². The summed E-state index contributed by atoms with van der Waals surface area (Å²) in [4.78, 5) is 0. The molecule has 2 rings (SSSR count). The van der Waals surface area contributed by atoms with E-state index in [0.717, 1.165) is 17.4 Å². The zero-order valence-corrected chi connectivity index (χ0v) is 10.9. The fourth-order valence-corrected chi connectivity index (χ4v) is 1.82. The van der Waals surface area contributed by atoms with Crippen LogP contribution in [-0.2, 0) is 13.1 Å². The molecule has 0 heterocycles. The Kier molecular flexibility index (Phi) is 4.63. The van der Waals surface area contributed by atoms with Crippen molar-refractivity contribution in [1.29, 1.82) is 0 Å². The van der Waals surface area contributed by atoms with Gasteiger partial charge in [-0.25, -0.2) is 13.2 Å². The van der Waals surface area contributed by atoms with Crippen LogP contribution < -0.4 is 10.1 Å². The molecule has 106 valence electrons. The maximum Gasteiger partial charge on any atom is 0.161 e. The van der Waals surface area contributed by atoms with Gasteiger partial charge in [-0.15, -0.1) is 0 Å². The highest BCUT2D eigenvalue weighted by atomic mass is 19.2. The number of halogens is 3. The zero-order chi connectivity index (χ0) is 14.5. The molecule has 0 spiro atoms. The van der Waals surface area contributed by atoms with Crippen molar-refractivity contribution >= 4 is 0 Å². The Morgan fingerprint density at radius 2 is 1.70 bits per heavy atom. The standard InChI is InChI=1S/C15H14F3NO/c1-20-12-4-2-3-10(5-12)8-19-9-11-6-14(17)15(18)7-13(11)16/h2-7,19H,8-9H2,1H3. The molecule has 0 saturated heterocycles. The van der Waals surface area contributed by atoms with Gasteiger partial charge in [0.1, 0.15) is 11.6 Å². The minimum atomic E-state index is -1.18. The van der Waals surface area contributed by atoms with Crippen molar-refractivity contribution in [2.45, 2.75) is 13.1 Å². The summed E-state index contributed by atoms with van der Waals surface area (Å²) in [7, 11) is 1.57. The summed E-state index contributed by atoms with van der Waals surface area (Å²) in [5.41, 5.74) is 1.04. The van der Waals surface area contributed by atoms with E-state index >= 15 is 0 Å². The van der Waals surface area contributed by atoms with Crippen LogP contribution in [0.2, 0.25) is 0 Å². The number of hydrogen-bond donors (Lipinski definition) is 1. The summed E-state index contributed by atoms with van der Waals surface area (Å²) < 4.78 is 44.3. The lowest BCUT2D eigenvalue weighted by atomic mass is 10.1. The van der Waals surface area contributed by atoms with Crippen molar-refractivity contribution in [2.75, 3.05) is 7.11 Å². The largest absolute Gasteiger partial charge is 0.497 e. The smallest absolute Gasteiger partial charge is 0.161 e. The van der Waals surface area contributed by atoms with Gasteiger partial charge in [0.25, 0.3) is 0 Å². The van der Waals surface area contributed by atoms with Crippen LogP contribution >= 0.6 is 0 Å². The molecule has 2 aromatic carbocycles. The van der Waals surface area contributed by atoms with Gasteiger partial charge in [0, 0.05) is 24.7 Å². The quantitative estimate of drug-likeness (QED) is 0.848. The summed E-state index contributed by atoms with van der Waals surface area (Å²) in [6, 6.07) is 8.80. The lowest BCUT2D eigenvalue weighted by molar-refractivity contribution is 0.414. The van der Waals surface area contributed by atoms with E-state index in [-0.39, 0.29) is 12.1 Å². The molecular formula is C15H14F3NO. The molecule has 5 heteroatoms. The molecular weight excluding hydrogens is 267 g/mol. The lowest BCUT2D eigenvalue weighted by Crippen LogP contribution is -2.14. The third-order valence-electron chi connectivity index (χ3n) is 2.87. The SMILES string of the molecule is COc1cccc(CNCc2cc(F)c(F)cc2F)c1. The van der Waals surface area contributed by atoms with Crippen molar-refractivity contribution in [2.24, 2.45) is 0 Å². The van der Waals surface area contributed by atoms with Crippen molar-refractivity contribution in [1.82, 2.24) is 5.32 Å². The number of nitrogens with one attached hydrogen (secondary N) is 1. The van der Waals surface area contributed by atoms with Crippen molar-refractivity contribution in [3.63, 3.8) is 0 Å². The third kappa shape index (κ3) is 3.51. The third-order valence-corrected chi connectivity index (χ3v) is 2.87. The molecule has 0 amide bonds.